The number of hydrogen-bond donors (Lipinski definition) is 2. The minimum Gasteiger partial charge on any atom is -0.481 e. The molecule has 1 amide bonds. The van der Waals surface area contributed by atoms with Crippen molar-refractivity contribution in [3.8, 4) is 0 Å². The van der Waals surface area contributed by atoms with Gasteiger partial charge in [-0.15, -0.1) is 0 Å². The van der Waals surface area contributed by atoms with Crippen LogP contribution in [-0.4, -0.2) is 32.2 Å². The number of hydrogen-bond acceptors (Lipinski definition) is 3. The molecule has 0 heterocycles. The topological polar surface area (TPSA) is 83.5 Å². The van der Waals surface area contributed by atoms with Crippen LogP contribution in [0.15, 0.2) is 24.3 Å². The third-order valence-corrected chi connectivity index (χ3v) is 4.10. The zero-order chi connectivity index (χ0) is 14.4. The van der Waals surface area contributed by atoms with E-state index < -0.39 is 22.0 Å². The maximum absolute atomic E-state index is 11.7. The molecule has 5 nitrogen and oxygen atoms in total. The molecule has 0 spiro atoms. The predicted molar refractivity (Wildman–Crippen MR) is 74.5 cm³/mol. The van der Waals surface area contributed by atoms with Crippen molar-refractivity contribution in [2.45, 2.75) is 25.5 Å². The Hall–Kier alpha value is -1.69. The van der Waals surface area contributed by atoms with E-state index in [0.717, 1.165) is 5.56 Å². The number of carboxylic acids is 1. The lowest BCUT2D eigenvalue weighted by Gasteiger charge is -2.09. The zero-order valence-corrected chi connectivity index (χ0v) is 11.7. The lowest BCUT2D eigenvalue weighted by Crippen LogP contribution is -2.26. The molecule has 0 aliphatic carbocycles. The van der Waals surface area contributed by atoms with Crippen LogP contribution < -0.4 is 5.32 Å². The first-order valence-electron chi connectivity index (χ1n) is 5.84. The first kappa shape index (κ1) is 15.4. The van der Waals surface area contributed by atoms with Gasteiger partial charge in [0.25, 0.3) is 0 Å². The molecule has 0 saturated carbocycles. The zero-order valence-electron chi connectivity index (χ0n) is 10.9. The van der Waals surface area contributed by atoms with E-state index in [9.17, 15) is 13.8 Å². The monoisotopic (exact) mass is 283 g/mol. The standard InChI is InChI=1S/C13H17NO4S/c1-9-4-3-5-11(6-9)14-12(15)8-19(18)10(2)7-13(16)17/h3-6,10H,7-8H2,1-2H3,(H,14,15)(H,16,17). The van der Waals surface area contributed by atoms with Gasteiger partial charge >= 0.3 is 5.97 Å². The van der Waals surface area contributed by atoms with E-state index >= 15 is 0 Å². The van der Waals surface area contributed by atoms with Crippen LogP contribution in [-0.2, 0) is 20.4 Å². The quantitative estimate of drug-likeness (QED) is 0.829. The molecule has 2 unspecified atom stereocenters. The fourth-order valence-corrected chi connectivity index (χ4v) is 2.47. The summed E-state index contributed by atoms with van der Waals surface area (Å²) in [4.78, 5) is 22.2. The van der Waals surface area contributed by atoms with Crippen molar-refractivity contribution in [3.63, 3.8) is 0 Å². The Kier molecular flexibility index (Phi) is 5.69. The average molecular weight is 283 g/mol. The highest BCUT2D eigenvalue weighted by atomic mass is 32.2. The summed E-state index contributed by atoms with van der Waals surface area (Å²) in [7, 11) is -1.49. The van der Waals surface area contributed by atoms with Crippen molar-refractivity contribution in [3.05, 3.63) is 29.8 Å². The molecular weight excluding hydrogens is 266 g/mol. The predicted octanol–water partition coefficient (Wildman–Crippen LogP) is 1.55. The fraction of sp³-hybridized carbons (Fsp3) is 0.385. The van der Waals surface area contributed by atoms with Gasteiger partial charge in [0.15, 0.2) is 0 Å². The highest BCUT2D eigenvalue weighted by Gasteiger charge is 2.17. The summed E-state index contributed by atoms with van der Waals surface area (Å²) in [5.74, 6) is -1.58. The van der Waals surface area contributed by atoms with E-state index in [1.54, 1.807) is 13.0 Å². The summed E-state index contributed by atoms with van der Waals surface area (Å²) in [5, 5.41) is 10.7. The summed E-state index contributed by atoms with van der Waals surface area (Å²) in [5.41, 5.74) is 1.66. The average Bonchev–Trinajstić information content (AvgIpc) is 2.27. The molecule has 6 heteroatoms. The van der Waals surface area contributed by atoms with Gasteiger partial charge in [-0.1, -0.05) is 19.1 Å². The molecule has 0 aliphatic rings. The van der Waals surface area contributed by atoms with Gasteiger partial charge < -0.3 is 10.4 Å². The fourth-order valence-electron chi connectivity index (χ4n) is 1.53. The second-order valence-corrected chi connectivity index (χ2v) is 6.21. The molecule has 0 bridgehead atoms. The van der Waals surface area contributed by atoms with Gasteiger partial charge in [0, 0.05) is 21.7 Å². The van der Waals surface area contributed by atoms with Crippen LogP contribution in [0.4, 0.5) is 5.69 Å². The SMILES string of the molecule is Cc1cccc(NC(=O)CS(=O)C(C)CC(=O)O)c1. The van der Waals surface area contributed by atoms with E-state index in [1.165, 1.54) is 0 Å². The Morgan fingerprint density at radius 2 is 2.11 bits per heavy atom. The first-order chi connectivity index (χ1) is 8.88. The summed E-state index contributed by atoms with van der Waals surface area (Å²) >= 11 is 0. The minimum atomic E-state index is -1.49. The number of carbonyl (C=O) groups excluding carboxylic acids is 1. The van der Waals surface area contributed by atoms with Crippen molar-refractivity contribution < 1.29 is 18.9 Å². The normalized spacial score (nSPS) is 13.6. The van der Waals surface area contributed by atoms with Crippen LogP contribution in [0.3, 0.4) is 0 Å². The molecule has 2 N–H and O–H groups in total. The van der Waals surface area contributed by atoms with Crippen LogP contribution in [0, 0.1) is 6.92 Å². The molecule has 0 fully saturated rings. The molecule has 1 aromatic rings. The Bertz CT molecular complexity index is 501. The molecule has 0 aliphatic heterocycles. The minimum absolute atomic E-state index is 0.192. The van der Waals surface area contributed by atoms with Crippen LogP contribution in [0.2, 0.25) is 0 Å². The van der Waals surface area contributed by atoms with E-state index in [2.05, 4.69) is 5.32 Å². The number of amides is 1. The van der Waals surface area contributed by atoms with E-state index in [-0.39, 0.29) is 18.1 Å². The van der Waals surface area contributed by atoms with Gasteiger partial charge in [0.05, 0.1) is 6.42 Å². The second-order valence-electron chi connectivity index (χ2n) is 4.35. The van der Waals surface area contributed by atoms with Gasteiger partial charge in [-0.25, -0.2) is 0 Å². The van der Waals surface area contributed by atoms with Crippen molar-refractivity contribution in [2.75, 3.05) is 11.1 Å². The van der Waals surface area contributed by atoms with Crippen molar-refractivity contribution in [2.24, 2.45) is 0 Å². The van der Waals surface area contributed by atoms with Crippen molar-refractivity contribution in [1.82, 2.24) is 0 Å². The van der Waals surface area contributed by atoms with Gasteiger partial charge in [0.2, 0.25) is 5.91 Å². The summed E-state index contributed by atoms with van der Waals surface area (Å²) in [6.07, 6.45) is -0.204. The smallest absolute Gasteiger partial charge is 0.304 e. The summed E-state index contributed by atoms with van der Waals surface area (Å²) in [6.45, 7) is 3.47. The number of aliphatic carboxylic acids is 1. The van der Waals surface area contributed by atoms with Crippen LogP contribution in [0.25, 0.3) is 0 Å². The lowest BCUT2D eigenvalue weighted by atomic mass is 10.2. The number of nitrogens with one attached hydrogen (secondary N) is 1. The molecule has 19 heavy (non-hydrogen) atoms. The molecule has 104 valence electrons. The summed E-state index contributed by atoms with van der Waals surface area (Å²) < 4.78 is 11.7. The number of anilines is 1. The number of carboxylic acid groups (broad SMARTS) is 1. The third kappa shape index (κ3) is 5.65. The van der Waals surface area contributed by atoms with Gasteiger partial charge in [-0.2, -0.15) is 0 Å². The number of rotatable bonds is 6. The summed E-state index contributed by atoms with van der Waals surface area (Å²) in [6, 6.07) is 7.27. The maximum Gasteiger partial charge on any atom is 0.304 e. The molecule has 1 aromatic carbocycles. The van der Waals surface area contributed by atoms with Crippen LogP contribution in [0.5, 0.6) is 0 Å². The van der Waals surface area contributed by atoms with Crippen molar-refractivity contribution in [1.29, 1.82) is 0 Å². The largest absolute Gasteiger partial charge is 0.481 e. The molecule has 0 aromatic heterocycles. The van der Waals surface area contributed by atoms with Crippen LogP contribution >= 0.6 is 0 Å². The van der Waals surface area contributed by atoms with Crippen molar-refractivity contribution >= 4 is 28.4 Å². The van der Waals surface area contributed by atoms with E-state index in [1.807, 2.05) is 25.1 Å². The highest BCUT2D eigenvalue weighted by Crippen LogP contribution is 2.10. The lowest BCUT2D eigenvalue weighted by molar-refractivity contribution is -0.136. The number of benzene rings is 1. The van der Waals surface area contributed by atoms with Gasteiger partial charge in [0.1, 0.15) is 5.75 Å². The molecule has 0 saturated heterocycles. The van der Waals surface area contributed by atoms with E-state index in [4.69, 9.17) is 5.11 Å². The number of carbonyl (C=O) groups is 2. The molecule has 0 radical (unpaired) electrons. The van der Waals surface area contributed by atoms with Crippen LogP contribution in [0.1, 0.15) is 18.9 Å². The first-order valence-corrected chi connectivity index (χ1v) is 7.22. The Morgan fingerprint density at radius 1 is 1.42 bits per heavy atom. The molecule has 2 atom stereocenters. The Labute approximate surface area is 114 Å². The second kappa shape index (κ2) is 7.04. The Balaban J connectivity index is 2.51. The molecule has 1 rings (SSSR count). The van der Waals surface area contributed by atoms with Gasteiger partial charge in [-0.3, -0.25) is 13.8 Å². The molecular formula is C13H17NO4S. The highest BCUT2D eigenvalue weighted by molar-refractivity contribution is 7.86. The third-order valence-electron chi connectivity index (χ3n) is 2.49. The van der Waals surface area contributed by atoms with E-state index in [0.29, 0.717) is 5.69 Å². The Morgan fingerprint density at radius 3 is 2.68 bits per heavy atom. The number of aryl methyl sites for hydroxylation is 1. The van der Waals surface area contributed by atoms with Gasteiger partial charge in [-0.05, 0) is 24.6 Å². The maximum atomic E-state index is 11.7.